The van der Waals surface area contributed by atoms with Crippen LogP contribution in [0.4, 0.5) is 5.69 Å². The molecule has 1 aromatic carbocycles. The predicted molar refractivity (Wildman–Crippen MR) is 75.5 cm³/mol. The normalized spacial score (nSPS) is 16.4. The molecule has 0 bridgehead atoms. The van der Waals surface area contributed by atoms with Gasteiger partial charge in [-0.1, -0.05) is 24.3 Å². The Morgan fingerprint density at radius 3 is 2.47 bits per heavy atom. The molecule has 1 aromatic heterocycles. The zero-order chi connectivity index (χ0) is 11.7. The first-order valence-corrected chi connectivity index (χ1v) is 6.94. The molecule has 2 heterocycles. The van der Waals surface area contributed by atoms with E-state index < -0.39 is 0 Å². The number of nitrogens with zero attached hydrogens (tertiary/aromatic N) is 2. The van der Waals surface area contributed by atoms with Gasteiger partial charge in [0.05, 0.1) is 11.9 Å². The fraction of sp³-hybridized carbons (Fsp3) is 0.357. The first-order chi connectivity index (χ1) is 8.36. The Morgan fingerprint density at radius 1 is 1.00 bits per heavy atom. The summed E-state index contributed by atoms with van der Waals surface area (Å²) in [6, 6.07) is 8.47. The highest BCUT2D eigenvalue weighted by Crippen LogP contribution is 2.31. The molecular formula is C14H15BrN2. The Bertz CT molecular complexity index is 533. The molecule has 0 atom stereocenters. The summed E-state index contributed by atoms with van der Waals surface area (Å²) in [6.07, 6.45) is 5.95. The molecule has 17 heavy (non-hydrogen) atoms. The number of benzene rings is 1. The minimum absolute atomic E-state index is 0.939. The Labute approximate surface area is 110 Å². The van der Waals surface area contributed by atoms with Gasteiger partial charge in [-0.15, -0.1) is 0 Å². The van der Waals surface area contributed by atoms with Crippen LogP contribution in [0, 0.1) is 0 Å². The van der Waals surface area contributed by atoms with Gasteiger partial charge in [-0.3, -0.25) is 0 Å². The molecule has 88 valence electrons. The van der Waals surface area contributed by atoms with Gasteiger partial charge >= 0.3 is 0 Å². The molecule has 1 aliphatic heterocycles. The standard InChI is InChI=1S/C14H15BrN2/c15-14-12-7-3-2-6-11(12)13(10-16-14)17-8-4-1-5-9-17/h2-3,6-7,10H,1,4-5,8-9H2. The van der Waals surface area contributed by atoms with Gasteiger partial charge in [-0.2, -0.15) is 0 Å². The van der Waals surface area contributed by atoms with E-state index in [0.29, 0.717) is 0 Å². The van der Waals surface area contributed by atoms with Gasteiger partial charge in [0.2, 0.25) is 0 Å². The van der Waals surface area contributed by atoms with Crippen LogP contribution >= 0.6 is 15.9 Å². The average Bonchev–Trinajstić information content (AvgIpc) is 2.41. The van der Waals surface area contributed by atoms with E-state index in [1.807, 2.05) is 6.20 Å². The van der Waals surface area contributed by atoms with E-state index in [-0.39, 0.29) is 0 Å². The van der Waals surface area contributed by atoms with Crippen molar-refractivity contribution < 1.29 is 0 Å². The van der Waals surface area contributed by atoms with Gasteiger partial charge in [0, 0.05) is 23.9 Å². The number of aromatic nitrogens is 1. The molecule has 2 nitrogen and oxygen atoms in total. The second-order valence-corrected chi connectivity index (χ2v) is 5.28. The van der Waals surface area contributed by atoms with Crippen molar-refractivity contribution >= 4 is 32.4 Å². The predicted octanol–water partition coefficient (Wildman–Crippen LogP) is 3.99. The van der Waals surface area contributed by atoms with E-state index in [9.17, 15) is 0 Å². The SMILES string of the molecule is Brc1ncc(N2CCCCC2)c2ccccc12. The summed E-state index contributed by atoms with van der Waals surface area (Å²) in [5, 5.41) is 2.51. The van der Waals surface area contributed by atoms with Crippen molar-refractivity contribution in [1.82, 2.24) is 4.98 Å². The first kappa shape index (κ1) is 11.0. The van der Waals surface area contributed by atoms with Crippen molar-refractivity contribution in [3.05, 3.63) is 35.1 Å². The van der Waals surface area contributed by atoms with E-state index in [1.54, 1.807) is 0 Å². The van der Waals surface area contributed by atoms with Crippen LogP contribution in [0.2, 0.25) is 0 Å². The number of hydrogen-bond donors (Lipinski definition) is 0. The van der Waals surface area contributed by atoms with Crippen molar-refractivity contribution in [3.8, 4) is 0 Å². The van der Waals surface area contributed by atoms with Crippen molar-refractivity contribution in [2.45, 2.75) is 19.3 Å². The average molecular weight is 291 g/mol. The number of halogens is 1. The molecule has 3 rings (SSSR count). The molecule has 0 radical (unpaired) electrons. The molecule has 0 aliphatic carbocycles. The minimum Gasteiger partial charge on any atom is -0.370 e. The lowest BCUT2D eigenvalue weighted by Crippen LogP contribution is -2.29. The summed E-state index contributed by atoms with van der Waals surface area (Å²) in [6.45, 7) is 2.32. The number of fused-ring (bicyclic) bond motifs is 1. The minimum atomic E-state index is 0.939. The maximum atomic E-state index is 4.46. The van der Waals surface area contributed by atoms with Crippen LogP contribution in [-0.4, -0.2) is 18.1 Å². The molecule has 3 heteroatoms. The smallest absolute Gasteiger partial charge is 0.114 e. The lowest BCUT2D eigenvalue weighted by molar-refractivity contribution is 0.578. The summed E-state index contributed by atoms with van der Waals surface area (Å²) in [5.41, 5.74) is 1.28. The largest absolute Gasteiger partial charge is 0.370 e. The highest BCUT2D eigenvalue weighted by Gasteiger charge is 2.14. The van der Waals surface area contributed by atoms with Crippen LogP contribution in [-0.2, 0) is 0 Å². The fourth-order valence-electron chi connectivity index (χ4n) is 2.53. The quantitative estimate of drug-likeness (QED) is 0.739. The Kier molecular flexibility index (Phi) is 3.02. The number of hydrogen-bond acceptors (Lipinski definition) is 2. The lowest BCUT2D eigenvalue weighted by Gasteiger charge is -2.29. The van der Waals surface area contributed by atoms with Crippen LogP contribution < -0.4 is 4.90 Å². The number of rotatable bonds is 1. The summed E-state index contributed by atoms with van der Waals surface area (Å²) in [7, 11) is 0. The Balaban J connectivity index is 2.12. The number of anilines is 1. The summed E-state index contributed by atoms with van der Waals surface area (Å²) < 4.78 is 0.939. The topological polar surface area (TPSA) is 16.1 Å². The van der Waals surface area contributed by atoms with Gasteiger partial charge in [0.15, 0.2) is 0 Å². The maximum Gasteiger partial charge on any atom is 0.114 e. The van der Waals surface area contributed by atoms with Crippen LogP contribution in [0.15, 0.2) is 35.1 Å². The summed E-state index contributed by atoms with van der Waals surface area (Å²) in [4.78, 5) is 6.92. The number of piperidine rings is 1. The molecule has 2 aromatic rings. The van der Waals surface area contributed by atoms with Crippen LogP contribution in [0.1, 0.15) is 19.3 Å². The second kappa shape index (κ2) is 4.65. The third kappa shape index (κ3) is 2.04. The molecule has 0 spiro atoms. The zero-order valence-electron chi connectivity index (χ0n) is 9.69. The molecule has 1 saturated heterocycles. The molecule has 0 saturated carbocycles. The molecular weight excluding hydrogens is 276 g/mol. The van der Waals surface area contributed by atoms with Crippen LogP contribution in [0.3, 0.4) is 0 Å². The van der Waals surface area contributed by atoms with E-state index >= 15 is 0 Å². The van der Waals surface area contributed by atoms with E-state index in [4.69, 9.17) is 0 Å². The second-order valence-electron chi connectivity index (χ2n) is 4.53. The molecule has 1 fully saturated rings. The Hall–Kier alpha value is -1.09. The van der Waals surface area contributed by atoms with Gasteiger partial charge in [-0.25, -0.2) is 4.98 Å². The summed E-state index contributed by atoms with van der Waals surface area (Å²) in [5.74, 6) is 0. The molecule has 0 unspecified atom stereocenters. The van der Waals surface area contributed by atoms with E-state index in [1.165, 1.54) is 35.7 Å². The monoisotopic (exact) mass is 290 g/mol. The van der Waals surface area contributed by atoms with E-state index in [0.717, 1.165) is 17.7 Å². The summed E-state index contributed by atoms with van der Waals surface area (Å²) >= 11 is 3.53. The highest BCUT2D eigenvalue weighted by molar-refractivity contribution is 9.10. The fourth-order valence-corrected chi connectivity index (χ4v) is 2.98. The third-order valence-corrected chi connectivity index (χ3v) is 4.05. The molecule has 1 aliphatic rings. The highest BCUT2D eigenvalue weighted by atomic mass is 79.9. The number of pyridine rings is 1. The van der Waals surface area contributed by atoms with Gasteiger partial charge in [-0.05, 0) is 35.2 Å². The Morgan fingerprint density at radius 2 is 1.71 bits per heavy atom. The maximum absolute atomic E-state index is 4.46. The third-order valence-electron chi connectivity index (χ3n) is 3.42. The zero-order valence-corrected chi connectivity index (χ0v) is 11.3. The van der Waals surface area contributed by atoms with Gasteiger partial charge < -0.3 is 4.90 Å². The lowest BCUT2D eigenvalue weighted by atomic mass is 10.1. The van der Waals surface area contributed by atoms with Crippen molar-refractivity contribution in [2.75, 3.05) is 18.0 Å². The van der Waals surface area contributed by atoms with Crippen LogP contribution in [0.5, 0.6) is 0 Å². The van der Waals surface area contributed by atoms with Crippen molar-refractivity contribution in [2.24, 2.45) is 0 Å². The first-order valence-electron chi connectivity index (χ1n) is 6.14. The van der Waals surface area contributed by atoms with Crippen LogP contribution in [0.25, 0.3) is 10.8 Å². The van der Waals surface area contributed by atoms with Gasteiger partial charge in [0.1, 0.15) is 4.60 Å². The van der Waals surface area contributed by atoms with Gasteiger partial charge in [0.25, 0.3) is 0 Å². The van der Waals surface area contributed by atoms with Crippen molar-refractivity contribution in [3.63, 3.8) is 0 Å². The molecule has 0 amide bonds. The van der Waals surface area contributed by atoms with Crippen molar-refractivity contribution in [1.29, 1.82) is 0 Å². The molecule has 0 N–H and O–H groups in total. The van der Waals surface area contributed by atoms with E-state index in [2.05, 4.69) is 50.1 Å².